The molecule has 19 heavy (non-hydrogen) atoms. The minimum atomic E-state index is -0.600. The van der Waals surface area contributed by atoms with E-state index in [2.05, 4.69) is 10.3 Å². The number of benzene rings is 1. The Morgan fingerprint density at radius 1 is 1.53 bits per heavy atom. The van der Waals surface area contributed by atoms with Crippen molar-refractivity contribution in [2.75, 3.05) is 11.1 Å². The van der Waals surface area contributed by atoms with E-state index in [0.29, 0.717) is 5.13 Å². The van der Waals surface area contributed by atoms with Crippen LogP contribution in [0.25, 0.3) is 0 Å². The lowest BCUT2D eigenvalue weighted by Crippen LogP contribution is -2.14. The predicted octanol–water partition coefficient (Wildman–Crippen LogP) is 2.99. The number of nitrogens with one attached hydrogen (secondary N) is 1. The zero-order valence-electron chi connectivity index (χ0n) is 10.7. The molecule has 6 heteroatoms. The first-order valence-electron chi connectivity index (χ1n) is 5.84. The number of halogens is 1. The van der Waals surface area contributed by atoms with Gasteiger partial charge >= 0.3 is 0 Å². The van der Waals surface area contributed by atoms with E-state index in [1.807, 2.05) is 13.8 Å². The fourth-order valence-corrected chi connectivity index (χ4v) is 2.61. The van der Waals surface area contributed by atoms with Gasteiger partial charge in [-0.1, -0.05) is 13.0 Å². The van der Waals surface area contributed by atoms with E-state index in [0.717, 1.165) is 17.0 Å². The van der Waals surface area contributed by atoms with Crippen LogP contribution in [0.4, 0.5) is 15.2 Å². The SMILES string of the molecule is CCc1nc(NC(=O)c2cccc(F)c2N)sc1C. The Morgan fingerprint density at radius 3 is 2.89 bits per heavy atom. The van der Waals surface area contributed by atoms with Gasteiger partial charge in [-0.2, -0.15) is 0 Å². The molecule has 0 bridgehead atoms. The summed E-state index contributed by atoms with van der Waals surface area (Å²) in [5.41, 5.74) is 6.46. The molecule has 1 aromatic carbocycles. The summed E-state index contributed by atoms with van der Waals surface area (Å²) in [5.74, 6) is -1.05. The normalized spacial score (nSPS) is 10.5. The largest absolute Gasteiger partial charge is 0.396 e. The molecule has 100 valence electrons. The third-order valence-corrected chi connectivity index (χ3v) is 3.67. The minimum Gasteiger partial charge on any atom is -0.396 e. The highest BCUT2D eigenvalue weighted by atomic mass is 32.1. The van der Waals surface area contributed by atoms with Gasteiger partial charge in [-0.15, -0.1) is 11.3 Å². The summed E-state index contributed by atoms with van der Waals surface area (Å²) >= 11 is 1.39. The van der Waals surface area contributed by atoms with Gasteiger partial charge in [0.1, 0.15) is 5.82 Å². The molecule has 4 nitrogen and oxygen atoms in total. The topological polar surface area (TPSA) is 68.0 Å². The number of aryl methyl sites for hydroxylation is 2. The van der Waals surface area contributed by atoms with Gasteiger partial charge in [-0.25, -0.2) is 9.37 Å². The average Bonchev–Trinajstić information content (AvgIpc) is 2.72. The van der Waals surface area contributed by atoms with E-state index in [1.165, 1.54) is 29.5 Å². The molecule has 3 N–H and O–H groups in total. The van der Waals surface area contributed by atoms with Gasteiger partial charge in [-0.05, 0) is 25.5 Å². The van der Waals surface area contributed by atoms with E-state index >= 15 is 0 Å². The molecule has 1 aromatic heterocycles. The number of para-hydroxylation sites is 1. The van der Waals surface area contributed by atoms with E-state index in [1.54, 1.807) is 0 Å². The standard InChI is InChI=1S/C13H14FN3OS/c1-3-10-7(2)19-13(16-10)17-12(18)8-5-4-6-9(14)11(8)15/h4-6H,3,15H2,1-2H3,(H,16,17,18). The molecule has 0 spiro atoms. The van der Waals surface area contributed by atoms with Gasteiger partial charge < -0.3 is 5.73 Å². The average molecular weight is 279 g/mol. The number of anilines is 2. The molecular weight excluding hydrogens is 265 g/mol. The van der Waals surface area contributed by atoms with Crippen LogP contribution in [0.2, 0.25) is 0 Å². The molecule has 0 unspecified atom stereocenters. The van der Waals surface area contributed by atoms with Crippen LogP contribution >= 0.6 is 11.3 Å². The minimum absolute atomic E-state index is 0.117. The molecule has 1 heterocycles. The molecule has 2 rings (SSSR count). The number of nitrogen functional groups attached to an aromatic ring is 1. The van der Waals surface area contributed by atoms with Crippen LogP contribution in [0.5, 0.6) is 0 Å². The van der Waals surface area contributed by atoms with Crippen LogP contribution in [0.15, 0.2) is 18.2 Å². The van der Waals surface area contributed by atoms with Crippen LogP contribution in [-0.2, 0) is 6.42 Å². The number of carbonyl (C=O) groups is 1. The lowest BCUT2D eigenvalue weighted by molar-refractivity contribution is 0.102. The molecule has 0 aliphatic heterocycles. The van der Waals surface area contributed by atoms with Gasteiger partial charge in [0.2, 0.25) is 0 Å². The number of nitrogens with zero attached hydrogens (tertiary/aromatic N) is 1. The monoisotopic (exact) mass is 279 g/mol. The third-order valence-electron chi connectivity index (χ3n) is 2.75. The lowest BCUT2D eigenvalue weighted by Gasteiger charge is -2.05. The molecule has 0 fully saturated rings. The summed E-state index contributed by atoms with van der Waals surface area (Å²) in [6.07, 6.45) is 0.806. The van der Waals surface area contributed by atoms with Crippen molar-refractivity contribution in [3.8, 4) is 0 Å². The molecule has 0 saturated carbocycles. The quantitative estimate of drug-likeness (QED) is 0.849. The van der Waals surface area contributed by atoms with Gasteiger partial charge in [0.25, 0.3) is 5.91 Å². The van der Waals surface area contributed by atoms with Crippen molar-refractivity contribution < 1.29 is 9.18 Å². The van der Waals surface area contributed by atoms with E-state index in [4.69, 9.17) is 5.73 Å². The number of hydrogen-bond donors (Lipinski definition) is 2. The zero-order valence-corrected chi connectivity index (χ0v) is 11.5. The van der Waals surface area contributed by atoms with Gasteiger partial charge in [0, 0.05) is 4.88 Å². The lowest BCUT2D eigenvalue weighted by atomic mass is 10.1. The first-order chi connectivity index (χ1) is 9.02. The number of hydrogen-bond acceptors (Lipinski definition) is 4. The molecule has 0 aliphatic carbocycles. The van der Waals surface area contributed by atoms with Gasteiger partial charge in [0.05, 0.1) is 16.9 Å². The summed E-state index contributed by atoms with van der Waals surface area (Å²) in [7, 11) is 0. The van der Waals surface area contributed by atoms with Gasteiger partial charge in [0.15, 0.2) is 5.13 Å². The predicted molar refractivity (Wildman–Crippen MR) is 75.0 cm³/mol. The maximum atomic E-state index is 13.3. The molecule has 0 atom stereocenters. The Hall–Kier alpha value is -1.95. The summed E-state index contributed by atoms with van der Waals surface area (Å²) < 4.78 is 13.3. The summed E-state index contributed by atoms with van der Waals surface area (Å²) in [6, 6.07) is 4.15. The second-order valence-corrected chi connectivity index (χ2v) is 5.23. The highest BCUT2D eigenvalue weighted by Crippen LogP contribution is 2.24. The maximum Gasteiger partial charge on any atom is 0.259 e. The van der Waals surface area contributed by atoms with Gasteiger partial charge in [-0.3, -0.25) is 10.1 Å². The number of amides is 1. The highest BCUT2D eigenvalue weighted by molar-refractivity contribution is 7.15. The van der Waals surface area contributed by atoms with Crippen LogP contribution < -0.4 is 11.1 Å². The Labute approximate surface area is 114 Å². The fourth-order valence-electron chi connectivity index (χ4n) is 1.71. The van der Waals surface area contributed by atoms with Crippen molar-refractivity contribution in [1.82, 2.24) is 4.98 Å². The van der Waals surface area contributed by atoms with Crippen molar-refractivity contribution in [2.45, 2.75) is 20.3 Å². The number of carbonyl (C=O) groups excluding carboxylic acids is 1. The van der Waals surface area contributed by atoms with Crippen molar-refractivity contribution in [2.24, 2.45) is 0 Å². The van der Waals surface area contributed by atoms with Crippen LogP contribution in [0.3, 0.4) is 0 Å². The van der Waals surface area contributed by atoms with Crippen molar-refractivity contribution in [3.63, 3.8) is 0 Å². The number of rotatable bonds is 3. The zero-order chi connectivity index (χ0) is 14.0. The maximum absolute atomic E-state index is 13.3. The second-order valence-electron chi connectivity index (χ2n) is 4.03. The van der Waals surface area contributed by atoms with Crippen molar-refractivity contribution in [3.05, 3.63) is 40.2 Å². The number of nitrogens with two attached hydrogens (primary N) is 1. The Bertz CT molecular complexity index is 624. The molecule has 1 amide bonds. The smallest absolute Gasteiger partial charge is 0.259 e. The molecule has 0 aliphatic rings. The third kappa shape index (κ3) is 2.73. The second kappa shape index (κ2) is 5.36. The number of thiazole rings is 1. The van der Waals surface area contributed by atoms with E-state index in [9.17, 15) is 9.18 Å². The van der Waals surface area contributed by atoms with E-state index in [-0.39, 0.29) is 11.3 Å². The molecule has 0 saturated heterocycles. The van der Waals surface area contributed by atoms with E-state index < -0.39 is 11.7 Å². The Kier molecular flexibility index (Phi) is 3.80. The molecule has 2 aromatic rings. The van der Waals surface area contributed by atoms with Crippen molar-refractivity contribution >= 4 is 28.1 Å². The Morgan fingerprint density at radius 2 is 2.26 bits per heavy atom. The van der Waals surface area contributed by atoms with Crippen LogP contribution in [0, 0.1) is 12.7 Å². The molecular formula is C13H14FN3OS. The summed E-state index contributed by atoms with van der Waals surface area (Å²) in [5, 5.41) is 3.15. The summed E-state index contributed by atoms with van der Waals surface area (Å²) in [6.45, 7) is 3.95. The first-order valence-corrected chi connectivity index (χ1v) is 6.66. The summed E-state index contributed by atoms with van der Waals surface area (Å²) in [4.78, 5) is 17.4. The number of aromatic nitrogens is 1. The molecule has 0 radical (unpaired) electrons. The highest BCUT2D eigenvalue weighted by Gasteiger charge is 2.15. The van der Waals surface area contributed by atoms with Crippen LogP contribution in [-0.4, -0.2) is 10.9 Å². The van der Waals surface area contributed by atoms with Crippen LogP contribution in [0.1, 0.15) is 27.9 Å². The Balaban J connectivity index is 2.23. The first kappa shape index (κ1) is 13.5. The van der Waals surface area contributed by atoms with Crippen molar-refractivity contribution in [1.29, 1.82) is 0 Å². The fraction of sp³-hybridized carbons (Fsp3) is 0.231.